The van der Waals surface area contributed by atoms with Crippen LogP contribution >= 0.6 is 0 Å². The van der Waals surface area contributed by atoms with E-state index in [2.05, 4.69) is 0 Å². The largest absolute Gasteiger partial charge is 0.494 e. The number of aliphatic hydroxyl groups is 1. The number of hydrogen-bond donors (Lipinski definition) is 2. The molecule has 176 valence electrons. The molecule has 0 spiro atoms. The lowest BCUT2D eigenvalue weighted by molar-refractivity contribution is 0.0521. The minimum Gasteiger partial charge on any atom is -0.494 e. The average Bonchev–Trinajstić information content (AvgIpc) is 2.72. The number of rotatable bonds is 7. The summed E-state index contributed by atoms with van der Waals surface area (Å²) in [5, 5.41) is 16.3. The minimum absolute atomic E-state index is 0.0770. The summed E-state index contributed by atoms with van der Waals surface area (Å²) in [7, 11) is -7.01. The zero-order valence-corrected chi connectivity index (χ0v) is 20.2. The quantitative estimate of drug-likeness (QED) is 0.586. The minimum atomic E-state index is -3.55. The summed E-state index contributed by atoms with van der Waals surface area (Å²) < 4.78 is 53.7. The Balaban J connectivity index is 1.86. The van der Waals surface area contributed by atoms with Gasteiger partial charge < -0.3 is 9.84 Å². The van der Waals surface area contributed by atoms with Gasteiger partial charge in [0.1, 0.15) is 5.75 Å². The Morgan fingerprint density at radius 1 is 1.12 bits per heavy atom. The molecule has 32 heavy (non-hydrogen) atoms. The van der Waals surface area contributed by atoms with Gasteiger partial charge in [-0.1, -0.05) is 43.7 Å². The van der Waals surface area contributed by atoms with Gasteiger partial charge in [-0.3, -0.25) is 0 Å². The Labute approximate surface area is 190 Å². The van der Waals surface area contributed by atoms with Crippen molar-refractivity contribution < 1.29 is 26.7 Å². The molecule has 1 heterocycles. The number of hydrogen-bond acceptors (Lipinski definition) is 6. The summed E-state index contributed by atoms with van der Waals surface area (Å²) in [6.07, 6.45) is 0.0774. The van der Waals surface area contributed by atoms with E-state index in [1.807, 2.05) is 25.1 Å². The van der Waals surface area contributed by atoms with Crippen molar-refractivity contribution >= 4 is 19.9 Å². The van der Waals surface area contributed by atoms with Crippen LogP contribution in [0.5, 0.6) is 5.75 Å². The maximum Gasteiger partial charge on any atom is 0.209 e. The molecule has 2 aromatic rings. The Hall–Kier alpha value is -1.94. The molecular formula is C23H31NO6S2. The highest BCUT2D eigenvalue weighted by Gasteiger charge is 2.44. The van der Waals surface area contributed by atoms with Gasteiger partial charge in [0, 0.05) is 11.3 Å². The molecule has 2 atom stereocenters. The van der Waals surface area contributed by atoms with Crippen molar-refractivity contribution in [2.24, 2.45) is 10.6 Å². The molecule has 3 N–H and O–H groups in total. The lowest BCUT2D eigenvalue weighted by Gasteiger charge is -2.33. The van der Waals surface area contributed by atoms with Crippen LogP contribution in [0.25, 0.3) is 0 Å². The van der Waals surface area contributed by atoms with E-state index in [1.54, 1.807) is 38.1 Å². The Morgan fingerprint density at radius 2 is 1.78 bits per heavy atom. The van der Waals surface area contributed by atoms with Crippen LogP contribution in [0.15, 0.2) is 47.4 Å². The van der Waals surface area contributed by atoms with Gasteiger partial charge in [0.25, 0.3) is 0 Å². The van der Waals surface area contributed by atoms with Crippen LogP contribution in [0.3, 0.4) is 0 Å². The first kappa shape index (κ1) is 24.7. The molecule has 7 nitrogen and oxygen atoms in total. The molecule has 0 bridgehead atoms. The van der Waals surface area contributed by atoms with Gasteiger partial charge in [0.05, 0.1) is 29.1 Å². The number of sulfonamides is 1. The third-order valence-electron chi connectivity index (χ3n) is 5.84. The van der Waals surface area contributed by atoms with Gasteiger partial charge in [-0.15, -0.1) is 0 Å². The Morgan fingerprint density at radius 3 is 2.41 bits per heavy atom. The number of primary sulfonamides is 1. The van der Waals surface area contributed by atoms with Crippen LogP contribution in [-0.4, -0.2) is 46.2 Å². The van der Waals surface area contributed by atoms with Crippen LogP contribution < -0.4 is 9.88 Å². The monoisotopic (exact) mass is 481 g/mol. The molecule has 0 saturated carbocycles. The maximum atomic E-state index is 13.1. The molecule has 0 saturated heterocycles. The number of nitrogens with two attached hydrogens (primary N) is 1. The number of ether oxygens (including phenoxy) is 1. The molecule has 0 unspecified atom stereocenters. The third-order valence-corrected chi connectivity index (χ3v) is 8.87. The lowest BCUT2D eigenvalue weighted by atomic mass is 9.75. The van der Waals surface area contributed by atoms with Crippen molar-refractivity contribution in [1.29, 1.82) is 0 Å². The third kappa shape index (κ3) is 5.70. The predicted molar refractivity (Wildman–Crippen MR) is 124 cm³/mol. The van der Waals surface area contributed by atoms with E-state index >= 15 is 0 Å². The Kier molecular flexibility index (Phi) is 7.05. The highest BCUT2D eigenvalue weighted by molar-refractivity contribution is 7.91. The van der Waals surface area contributed by atoms with E-state index < -0.39 is 37.3 Å². The summed E-state index contributed by atoms with van der Waals surface area (Å²) in [6.45, 7) is 5.81. The number of fused-ring (bicyclic) bond motifs is 1. The van der Waals surface area contributed by atoms with Crippen LogP contribution in [0.1, 0.15) is 49.3 Å². The van der Waals surface area contributed by atoms with Crippen molar-refractivity contribution in [3.8, 4) is 5.75 Å². The molecule has 0 fully saturated rings. The van der Waals surface area contributed by atoms with Gasteiger partial charge in [-0.05, 0) is 49.1 Å². The molecule has 0 amide bonds. The second-order valence-electron chi connectivity index (χ2n) is 9.20. The molecule has 0 aromatic heterocycles. The van der Waals surface area contributed by atoms with E-state index in [0.29, 0.717) is 30.8 Å². The summed E-state index contributed by atoms with van der Waals surface area (Å²) >= 11 is 0. The second kappa shape index (κ2) is 9.13. The SMILES string of the molecule is Cc1ccc2c(c1)[C@@H](c1ccc(OCCCCS(N)(=O)=O)cc1)[C@@H](O)C(C)(C)CS2(=O)=O. The zero-order valence-electron chi connectivity index (χ0n) is 18.6. The number of unbranched alkanes of at least 4 members (excludes halogenated alkanes) is 1. The summed E-state index contributed by atoms with van der Waals surface area (Å²) in [5.74, 6) is -0.0929. The number of sulfone groups is 1. The fourth-order valence-electron chi connectivity index (χ4n) is 4.20. The molecule has 9 heteroatoms. The predicted octanol–water partition coefficient (Wildman–Crippen LogP) is 2.75. The van der Waals surface area contributed by atoms with Crippen LogP contribution in [0, 0.1) is 12.3 Å². The topological polar surface area (TPSA) is 124 Å². The average molecular weight is 482 g/mol. The van der Waals surface area contributed by atoms with Crippen molar-refractivity contribution in [3.05, 3.63) is 59.2 Å². The van der Waals surface area contributed by atoms with Crippen LogP contribution in [0.2, 0.25) is 0 Å². The highest BCUT2D eigenvalue weighted by Crippen LogP contribution is 2.44. The van der Waals surface area contributed by atoms with Gasteiger partial charge in [-0.2, -0.15) is 0 Å². The standard InChI is InChI=1S/C23H31NO6S2/c1-16-6-11-20-19(14-16)21(22(25)23(2,3)15-31(20,26)27)17-7-9-18(10-8-17)30-12-4-5-13-32(24,28)29/h6-11,14,21-22,25H,4-5,12-13,15H2,1-3H3,(H2,24,28,29)/t21-,22-/m1/s1. The number of aryl methyl sites for hydroxylation is 1. The summed E-state index contributed by atoms with van der Waals surface area (Å²) in [5.41, 5.74) is 1.50. The van der Waals surface area contributed by atoms with Crippen molar-refractivity contribution in [2.75, 3.05) is 18.1 Å². The zero-order chi connectivity index (χ0) is 23.7. The molecule has 1 aliphatic rings. The van der Waals surface area contributed by atoms with Gasteiger partial charge in [0.15, 0.2) is 9.84 Å². The molecule has 0 radical (unpaired) electrons. The lowest BCUT2D eigenvalue weighted by Crippen LogP contribution is -2.38. The Bertz CT molecular complexity index is 1170. The van der Waals surface area contributed by atoms with E-state index in [1.165, 1.54) is 0 Å². The first-order chi connectivity index (χ1) is 14.8. The smallest absolute Gasteiger partial charge is 0.209 e. The van der Waals surface area contributed by atoms with Gasteiger partial charge >= 0.3 is 0 Å². The maximum absolute atomic E-state index is 13.1. The van der Waals surface area contributed by atoms with E-state index in [0.717, 1.165) is 11.1 Å². The van der Waals surface area contributed by atoms with Crippen LogP contribution in [-0.2, 0) is 19.9 Å². The van der Waals surface area contributed by atoms with Crippen molar-refractivity contribution in [1.82, 2.24) is 0 Å². The second-order valence-corrected chi connectivity index (χ2v) is 12.9. The summed E-state index contributed by atoms with van der Waals surface area (Å²) in [6, 6.07) is 12.5. The number of benzene rings is 2. The molecule has 2 aromatic carbocycles. The molecule has 1 aliphatic heterocycles. The number of aliphatic hydroxyl groups excluding tert-OH is 1. The normalized spacial score (nSPS) is 22.0. The van der Waals surface area contributed by atoms with E-state index in [9.17, 15) is 21.9 Å². The first-order valence-corrected chi connectivity index (χ1v) is 13.9. The van der Waals surface area contributed by atoms with E-state index in [-0.39, 0.29) is 16.4 Å². The fourth-order valence-corrected chi connectivity index (χ4v) is 6.93. The van der Waals surface area contributed by atoms with E-state index in [4.69, 9.17) is 9.88 Å². The molecule has 0 aliphatic carbocycles. The fraction of sp³-hybridized carbons (Fsp3) is 0.478. The van der Waals surface area contributed by atoms with Gasteiger partial charge in [-0.25, -0.2) is 22.0 Å². The van der Waals surface area contributed by atoms with Crippen molar-refractivity contribution in [2.45, 2.75) is 50.5 Å². The molecule has 3 rings (SSSR count). The van der Waals surface area contributed by atoms with Gasteiger partial charge in [0.2, 0.25) is 10.0 Å². The summed E-state index contributed by atoms with van der Waals surface area (Å²) in [4.78, 5) is 0.271. The molecular weight excluding hydrogens is 450 g/mol. The van der Waals surface area contributed by atoms with Crippen molar-refractivity contribution in [3.63, 3.8) is 0 Å². The van der Waals surface area contributed by atoms with Crippen LogP contribution in [0.4, 0.5) is 0 Å². The first-order valence-electron chi connectivity index (χ1n) is 10.5. The highest BCUT2D eigenvalue weighted by atomic mass is 32.2.